The maximum atomic E-state index is 11.7. The molecule has 122 valence electrons. The van der Waals surface area contributed by atoms with Gasteiger partial charge in [-0.05, 0) is 36.4 Å². The minimum absolute atomic E-state index is 0.333. The molecule has 0 saturated carbocycles. The number of carbonyl (C=O) groups excluding carboxylic acids is 3. The minimum Gasteiger partial charge on any atom is -0.465 e. The number of hydrogen-bond acceptors (Lipinski definition) is 6. The van der Waals surface area contributed by atoms with Gasteiger partial charge in [0.2, 0.25) is 0 Å². The van der Waals surface area contributed by atoms with E-state index in [1.54, 1.807) is 24.4 Å². The van der Waals surface area contributed by atoms with Crippen LogP contribution in [-0.4, -0.2) is 36.1 Å². The zero-order valence-electron chi connectivity index (χ0n) is 12.7. The van der Waals surface area contributed by atoms with Crippen LogP contribution in [0.25, 0.3) is 0 Å². The van der Waals surface area contributed by atoms with Crippen LogP contribution in [-0.2, 0) is 14.3 Å². The molecule has 24 heavy (non-hydrogen) atoms. The van der Waals surface area contributed by atoms with Crippen molar-refractivity contribution in [1.82, 2.24) is 10.4 Å². The molecule has 2 amide bonds. The Balaban J connectivity index is 1.88. The van der Waals surface area contributed by atoms with Crippen LogP contribution in [0, 0.1) is 0 Å². The summed E-state index contributed by atoms with van der Waals surface area (Å²) in [6.45, 7) is 0. The van der Waals surface area contributed by atoms with Crippen molar-refractivity contribution in [2.45, 2.75) is 0 Å². The fraction of sp³-hybridized carbons (Fsp3) is 0.0625. The van der Waals surface area contributed by atoms with Crippen molar-refractivity contribution < 1.29 is 19.1 Å². The molecular formula is C16H14N4O4. The lowest BCUT2D eigenvalue weighted by Crippen LogP contribution is -2.32. The topological polar surface area (TPSA) is 110 Å². The number of pyridine rings is 1. The Morgan fingerprint density at radius 1 is 1.08 bits per heavy atom. The second-order valence-electron chi connectivity index (χ2n) is 4.48. The number of anilines is 1. The summed E-state index contributed by atoms with van der Waals surface area (Å²) >= 11 is 0. The Hall–Kier alpha value is -3.55. The number of ether oxygens (including phenoxy) is 1. The number of amides is 2. The lowest BCUT2D eigenvalue weighted by atomic mass is 10.2. The Labute approximate surface area is 137 Å². The van der Waals surface area contributed by atoms with Crippen molar-refractivity contribution in [2.75, 3.05) is 12.4 Å². The van der Waals surface area contributed by atoms with Gasteiger partial charge < -0.3 is 10.1 Å². The number of benzene rings is 1. The van der Waals surface area contributed by atoms with E-state index in [2.05, 4.69) is 25.6 Å². The first kappa shape index (κ1) is 16.8. The Morgan fingerprint density at radius 2 is 1.83 bits per heavy atom. The van der Waals surface area contributed by atoms with Crippen LogP contribution in [0.3, 0.4) is 0 Å². The summed E-state index contributed by atoms with van der Waals surface area (Å²) in [7, 11) is 1.27. The SMILES string of the molecule is COC(=O)c1ccc(NC(=O)C(=O)N/N=C/c2ccccn2)cc1. The zero-order valence-corrected chi connectivity index (χ0v) is 12.7. The molecule has 0 bridgehead atoms. The number of aromatic nitrogens is 1. The lowest BCUT2D eigenvalue weighted by molar-refractivity contribution is -0.136. The van der Waals surface area contributed by atoms with Crippen LogP contribution < -0.4 is 10.7 Å². The molecule has 0 aliphatic carbocycles. The molecule has 2 rings (SSSR count). The van der Waals surface area contributed by atoms with E-state index < -0.39 is 17.8 Å². The second-order valence-corrected chi connectivity index (χ2v) is 4.48. The summed E-state index contributed by atoms with van der Waals surface area (Å²) in [5, 5.41) is 6.03. The van der Waals surface area contributed by atoms with E-state index in [0.29, 0.717) is 16.9 Å². The predicted octanol–water partition coefficient (Wildman–Crippen LogP) is 0.957. The highest BCUT2D eigenvalue weighted by atomic mass is 16.5. The second kappa shape index (κ2) is 8.18. The first-order chi connectivity index (χ1) is 11.6. The molecule has 0 unspecified atom stereocenters. The van der Waals surface area contributed by atoms with E-state index >= 15 is 0 Å². The van der Waals surface area contributed by atoms with Gasteiger partial charge in [0.1, 0.15) is 0 Å². The van der Waals surface area contributed by atoms with Crippen molar-refractivity contribution in [3.05, 3.63) is 59.9 Å². The van der Waals surface area contributed by atoms with Crippen molar-refractivity contribution in [1.29, 1.82) is 0 Å². The number of hydrazone groups is 1. The fourth-order valence-electron chi connectivity index (χ4n) is 1.66. The third kappa shape index (κ3) is 4.73. The molecule has 1 aromatic carbocycles. The molecular weight excluding hydrogens is 312 g/mol. The molecule has 0 saturated heterocycles. The fourth-order valence-corrected chi connectivity index (χ4v) is 1.66. The molecule has 0 aliphatic rings. The quantitative estimate of drug-likeness (QED) is 0.376. The lowest BCUT2D eigenvalue weighted by Gasteiger charge is -2.05. The number of methoxy groups -OCH3 is 1. The van der Waals surface area contributed by atoms with E-state index in [0.717, 1.165) is 0 Å². The summed E-state index contributed by atoms with van der Waals surface area (Å²) in [5.74, 6) is -2.31. The molecule has 1 heterocycles. The first-order valence-electron chi connectivity index (χ1n) is 6.84. The van der Waals surface area contributed by atoms with E-state index in [4.69, 9.17) is 0 Å². The molecule has 2 N–H and O–H groups in total. The highest BCUT2D eigenvalue weighted by molar-refractivity contribution is 6.39. The number of carbonyl (C=O) groups is 3. The third-order valence-corrected chi connectivity index (χ3v) is 2.82. The van der Waals surface area contributed by atoms with Crippen molar-refractivity contribution >= 4 is 29.7 Å². The van der Waals surface area contributed by atoms with Crippen LogP contribution >= 0.6 is 0 Å². The summed E-state index contributed by atoms with van der Waals surface area (Å²) < 4.78 is 4.56. The van der Waals surface area contributed by atoms with Crippen molar-refractivity contribution in [2.24, 2.45) is 5.10 Å². The molecule has 8 heteroatoms. The molecule has 0 radical (unpaired) electrons. The highest BCUT2D eigenvalue weighted by Gasteiger charge is 2.13. The van der Waals surface area contributed by atoms with Gasteiger partial charge in [-0.3, -0.25) is 14.6 Å². The molecule has 0 atom stereocenters. The van der Waals surface area contributed by atoms with E-state index in [9.17, 15) is 14.4 Å². The smallest absolute Gasteiger partial charge is 0.337 e. The van der Waals surface area contributed by atoms with Gasteiger partial charge in [-0.25, -0.2) is 10.2 Å². The minimum atomic E-state index is -0.931. The molecule has 0 spiro atoms. The molecule has 1 aromatic heterocycles. The maximum absolute atomic E-state index is 11.7. The van der Waals surface area contributed by atoms with Crippen LogP contribution in [0.5, 0.6) is 0 Å². The average Bonchev–Trinajstić information content (AvgIpc) is 2.62. The molecule has 0 fully saturated rings. The van der Waals surface area contributed by atoms with Gasteiger partial charge in [0.05, 0.1) is 24.6 Å². The Morgan fingerprint density at radius 3 is 2.46 bits per heavy atom. The Kier molecular flexibility index (Phi) is 5.73. The molecule has 0 aliphatic heterocycles. The summed E-state index contributed by atoms with van der Waals surface area (Å²) in [6, 6.07) is 11.1. The predicted molar refractivity (Wildman–Crippen MR) is 86.4 cm³/mol. The number of nitrogens with zero attached hydrogens (tertiary/aromatic N) is 2. The zero-order chi connectivity index (χ0) is 17.4. The summed E-state index contributed by atoms with van der Waals surface area (Å²) in [4.78, 5) is 38.6. The maximum Gasteiger partial charge on any atom is 0.337 e. The van der Waals surface area contributed by atoms with Crippen molar-refractivity contribution in [3.8, 4) is 0 Å². The Bertz CT molecular complexity index is 757. The van der Waals surface area contributed by atoms with Gasteiger partial charge in [-0.1, -0.05) is 6.07 Å². The van der Waals surface area contributed by atoms with Crippen molar-refractivity contribution in [3.63, 3.8) is 0 Å². The number of nitrogens with one attached hydrogen (secondary N) is 2. The van der Waals surface area contributed by atoms with Gasteiger partial charge in [-0.15, -0.1) is 0 Å². The van der Waals surface area contributed by atoms with Gasteiger partial charge in [0.15, 0.2) is 0 Å². The van der Waals surface area contributed by atoms with Gasteiger partial charge >= 0.3 is 17.8 Å². The summed E-state index contributed by atoms with van der Waals surface area (Å²) in [6.07, 6.45) is 2.89. The van der Waals surface area contributed by atoms with Crippen LogP contribution in [0.1, 0.15) is 16.1 Å². The van der Waals surface area contributed by atoms with Gasteiger partial charge in [-0.2, -0.15) is 5.10 Å². The first-order valence-corrected chi connectivity index (χ1v) is 6.84. The van der Waals surface area contributed by atoms with E-state index in [-0.39, 0.29) is 0 Å². The standard InChI is InChI=1S/C16H14N4O4/c1-24-16(23)11-5-7-12(8-6-11)19-14(21)15(22)20-18-10-13-4-2-3-9-17-13/h2-10H,1H3,(H,19,21)(H,20,22)/b18-10+. The normalized spacial score (nSPS) is 10.2. The van der Waals surface area contributed by atoms with Crippen LogP contribution in [0.15, 0.2) is 53.8 Å². The molecule has 2 aromatic rings. The van der Waals surface area contributed by atoms with Crippen LogP contribution in [0.4, 0.5) is 5.69 Å². The third-order valence-electron chi connectivity index (χ3n) is 2.82. The average molecular weight is 326 g/mol. The largest absolute Gasteiger partial charge is 0.465 e. The van der Waals surface area contributed by atoms with Gasteiger partial charge in [0, 0.05) is 11.9 Å². The number of hydrogen-bond donors (Lipinski definition) is 2. The number of esters is 1. The van der Waals surface area contributed by atoms with Gasteiger partial charge in [0.25, 0.3) is 0 Å². The van der Waals surface area contributed by atoms with E-state index in [1.165, 1.54) is 37.6 Å². The summed E-state index contributed by atoms with van der Waals surface area (Å²) in [5.41, 5.74) is 3.32. The van der Waals surface area contributed by atoms with Crippen LogP contribution in [0.2, 0.25) is 0 Å². The molecule has 8 nitrogen and oxygen atoms in total. The monoisotopic (exact) mass is 326 g/mol. The number of rotatable bonds is 4. The van der Waals surface area contributed by atoms with E-state index in [1.807, 2.05) is 0 Å². The highest BCUT2D eigenvalue weighted by Crippen LogP contribution is 2.10.